The summed E-state index contributed by atoms with van der Waals surface area (Å²) in [6, 6.07) is 7.52. The van der Waals surface area contributed by atoms with Gasteiger partial charge in [0.2, 0.25) is 5.91 Å². The number of methoxy groups -OCH3 is 1. The molecule has 0 saturated carbocycles. The Labute approximate surface area is 296 Å². The van der Waals surface area contributed by atoms with Crippen molar-refractivity contribution in [3.05, 3.63) is 75.7 Å². The zero-order chi connectivity index (χ0) is 35.9. The highest BCUT2D eigenvalue weighted by Gasteiger charge is 2.32. The SMILES string of the molecule is COC(=O)Nc1ccc2c(c1)NC(=O)CCC=CC[C@H](NCCC(C)(O)c1c(F)ccc(Cl)c1F)c1nc-2c(Cl)n1COCC[Si](C)(C)C. The van der Waals surface area contributed by atoms with Gasteiger partial charge in [-0.2, -0.15) is 0 Å². The number of amides is 2. The summed E-state index contributed by atoms with van der Waals surface area (Å²) in [5, 5.41) is 20.1. The predicted molar refractivity (Wildman–Crippen MR) is 191 cm³/mol. The van der Waals surface area contributed by atoms with Gasteiger partial charge < -0.3 is 25.2 Å². The van der Waals surface area contributed by atoms with Crippen molar-refractivity contribution < 1.29 is 33.0 Å². The molecule has 2 heterocycles. The minimum absolute atomic E-state index is 0.0629. The molecule has 1 unspecified atom stereocenters. The van der Waals surface area contributed by atoms with E-state index in [1.807, 2.05) is 12.2 Å². The molecule has 49 heavy (non-hydrogen) atoms. The van der Waals surface area contributed by atoms with Gasteiger partial charge in [0.15, 0.2) is 5.82 Å². The number of hydrogen-bond donors (Lipinski definition) is 4. The standard InChI is InChI=1S/C34H43Cl2F2N5O5Si/c1-34(46,28-24(37)14-13-23(35)29(28)38)15-16-39-25-9-7-6-8-10-27(44)41-26-19-21(40-33(45)47-2)11-12-22(26)30-31(36)43(32(25)42-30)20-48-17-18-49(3,4)5/h6-7,11-14,19,25,39,46H,8-10,15-18,20H2,1-5H3,(H,40,45)(H,41,44)/t25-,34?/m0/s1. The number of anilines is 2. The Hall–Kier alpha value is -3.33. The Balaban J connectivity index is 1.74. The molecule has 0 aliphatic carbocycles. The molecule has 4 rings (SSSR count). The van der Waals surface area contributed by atoms with Crippen LogP contribution in [0.15, 0.2) is 42.5 Å². The maximum Gasteiger partial charge on any atom is 0.411 e. The third-order valence-corrected chi connectivity index (χ3v) is 10.5. The summed E-state index contributed by atoms with van der Waals surface area (Å²) in [5.74, 6) is -1.63. The van der Waals surface area contributed by atoms with Gasteiger partial charge in [0.1, 0.15) is 29.2 Å². The van der Waals surface area contributed by atoms with Crippen LogP contribution < -0.4 is 16.0 Å². The first-order valence-electron chi connectivity index (χ1n) is 16.0. The molecule has 10 nitrogen and oxygen atoms in total. The van der Waals surface area contributed by atoms with Crippen LogP contribution in [-0.4, -0.2) is 55.0 Å². The molecule has 0 radical (unpaired) electrons. The van der Waals surface area contributed by atoms with Gasteiger partial charge in [-0.1, -0.05) is 55.0 Å². The van der Waals surface area contributed by atoms with Crippen LogP contribution in [-0.2, 0) is 26.6 Å². The molecule has 15 heteroatoms. The Morgan fingerprint density at radius 3 is 2.67 bits per heavy atom. The second-order valence-electron chi connectivity index (χ2n) is 13.3. The summed E-state index contributed by atoms with van der Waals surface area (Å²) in [5.41, 5.74) is -0.739. The number of imidazole rings is 1. The predicted octanol–water partition coefficient (Wildman–Crippen LogP) is 8.23. The molecule has 3 aromatic rings. The van der Waals surface area contributed by atoms with E-state index in [0.29, 0.717) is 47.9 Å². The highest BCUT2D eigenvalue weighted by atomic mass is 35.5. The summed E-state index contributed by atoms with van der Waals surface area (Å²) in [7, 11) is -0.140. The Morgan fingerprint density at radius 1 is 1.20 bits per heavy atom. The monoisotopic (exact) mass is 737 g/mol. The van der Waals surface area contributed by atoms with E-state index in [1.54, 1.807) is 22.8 Å². The average molecular weight is 739 g/mol. The number of rotatable bonds is 11. The minimum Gasteiger partial charge on any atom is -0.453 e. The molecule has 2 amide bonds. The van der Waals surface area contributed by atoms with Crippen LogP contribution in [0.4, 0.5) is 25.0 Å². The quantitative estimate of drug-likeness (QED) is 0.0676. The summed E-state index contributed by atoms with van der Waals surface area (Å²) in [6.45, 7) is 8.84. The Morgan fingerprint density at radius 2 is 1.96 bits per heavy atom. The summed E-state index contributed by atoms with van der Waals surface area (Å²) in [6.07, 6.45) is 4.13. The first kappa shape index (κ1) is 38.5. The fourth-order valence-electron chi connectivity index (χ4n) is 5.34. The number of ether oxygens (including phenoxy) is 2. The number of carbonyl (C=O) groups excluding carboxylic acids is 2. The Kier molecular flexibility index (Phi) is 13.0. The summed E-state index contributed by atoms with van der Waals surface area (Å²) < 4.78 is 42.1. The first-order valence-corrected chi connectivity index (χ1v) is 20.4. The van der Waals surface area contributed by atoms with E-state index in [9.17, 15) is 23.5 Å². The molecular weight excluding hydrogens is 695 g/mol. The lowest BCUT2D eigenvalue weighted by Gasteiger charge is -2.27. The normalized spacial score (nSPS) is 16.4. The highest BCUT2D eigenvalue weighted by molar-refractivity contribution is 6.76. The summed E-state index contributed by atoms with van der Waals surface area (Å²) >= 11 is 13.0. The van der Waals surface area contributed by atoms with Gasteiger partial charge in [-0.3, -0.25) is 14.7 Å². The van der Waals surface area contributed by atoms with Crippen molar-refractivity contribution in [3.8, 4) is 11.3 Å². The fourth-order valence-corrected chi connectivity index (χ4v) is 6.53. The zero-order valence-electron chi connectivity index (χ0n) is 28.3. The summed E-state index contributed by atoms with van der Waals surface area (Å²) in [4.78, 5) is 29.8. The number of benzene rings is 2. The second kappa shape index (κ2) is 16.6. The first-order chi connectivity index (χ1) is 23.1. The van der Waals surface area contributed by atoms with Crippen LogP contribution >= 0.6 is 23.2 Å². The van der Waals surface area contributed by atoms with Gasteiger partial charge in [-0.25, -0.2) is 18.6 Å². The number of carbonyl (C=O) groups is 2. The lowest BCUT2D eigenvalue weighted by atomic mass is 9.91. The van der Waals surface area contributed by atoms with E-state index < -0.39 is 43.0 Å². The maximum absolute atomic E-state index is 14.8. The molecule has 0 fully saturated rings. The van der Waals surface area contributed by atoms with E-state index >= 15 is 0 Å². The Bertz CT molecular complexity index is 1700. The van der Waals surface area contributed by atoms with Crippen LogP contribution in [0.2, 0.25) is 35.9 Å². The molecule has 4 N–H and O–H groups in total. The lowest BCUT2D eigenvalue weighted by molar-refractivity contribution is -0.116. The van der Waals surface area contributed by atoms with Crippen LogP contribution in [0.25, 0.3) is 11.3 Å². The lowest BCUT2D eigenvalue weighted by Crippen LogP contribution is -2.32. The van der Waals surface area contributed by atoms with Crippen LogP contribution in [0.3, 0.4) is 0 Å². The molecule has 2 atom stereocenters. The molecule has 1 aliphatic heterocycles. The second-order valence-corrected chi connectivity index (χ2v) is 19.7. The van der Waals surface area contributed by atoms with Gasteiger partial charge >= 0.3 is 6.09 Å². The third kappa shape index (κ3) is 10.1. The van der Waals surface area contributed by atoms with Crippen molar-refractivity contribution in [1.82, 2.24) is 14.9 Å². The topological polar surface area (TPSA) is 127 Å². The molecule has 0 saturated heterocycles. The van der Waals surface area contributed by atoms with Crippen LogP contribution in [0.5, 0.6) is 0 Å². The molecular formula is C34H43Cl2F2N5O5Si. The number of aliphatic hydroxyl groups is 1. The van der Waals surface area contributed by atoms with Gasteiger partial charge in [-0.15, -0.1) is 0 Å². The van der Waals surface area contributed by atoms with E-state index in [-0.39, 0.29) is 42.2 Å². The number of nitrogens with zero attached hydrogens (tertiary/aromatic N) is 2. The highest BCUT2D eigenvalue weighted by Crippen LogP contribution is 2.38. The molecule has 2 bridgehead atoms. The number of hydrogen-bond acceptors (Lipinski definition) is 7. The van der Waals surface area contributed by atoms with E-state index in [1.165, 1.54) is 14.0 Å². The maximum atomic E-state index is 14.8. The van der Waals surface area contributed by atoms with Crippen molar-refractivity contribution in [1.29, 1.82) is 0 Å². The number of halogens is 4. The number of nitrogens with one attached hydrogen (secondary N) is 3. The minimum atomic E-state index is -1.88. The van der Waals surface area contributed by atoms with E-state index in [4.69, 9.17) is 37.7 Å². The number of allylic oxidation sites excluding steroid dienone is 1. The molecule has 2 aromatic carbocycles. The van der Waals surface area contributed by atoms with Crippen LogP contribution in [0, 0.1) is 11.6 Å². The zero-order valence-corrected chi connectivity index (χ0v) is 30.8. The van der Waals surface area contributed by atoms with Gasteiger partial charge in [0, 0.05) is 32.4 Å². The number of aromatic nitrogens is 2. The largest absolute Gasteiger partial charge is 0.453 e. The van der Waals surface area contributed by atoms with Gasteiger partial charge in [-0.05, 0) is 69.1 Å². The van der Waals surface area contributed by atoms with Gasteiger partial charge in [0.05, 0.1) is 35.0 Å². The molecule has 266 valence electrons. The van der Waals surface area contributed by atoms with Gasteiger partial charge in [0.25, 0.3) is 0 Å². The smallest absolute Gasteiger partial charge is 0.411 e. The average Bonchev–Trinajstić information content (AvgIpc) is 3.34. The van der Waals surface area contributed by atoms with Crippen molar-refractivity contribution in [2.75, 3.05) is 30.9 Å². The molecule has 1 aliphatic rings. The third-order valence-electron chi connectivity index (χ3n) is 8.11. The molecule has 0 spiro atoms. The fraction of sp³-hybridized carbons (Fsp3) is 0.441. The number of fused-ring (bicyclic) bond motifs is 4. The van der Waals surface area contributed by atoms with Crippen molar-refractivity contribution in [2.24, 2.45) is 0 Å². The van der Waals surface area contributed by atoms with Crippen molar-refractivity contribution in [3.63, 3.8) is 0 Å². The van der Waals surface area contributed by atoms with E-state index in [0.717, 1.165) is 18.2 Å². The van der Waals surface area contributed by atoms with E-state index in [2.05, 4.69) is 35.6 Å². The van der Waals surface area contributed by atoms with Crippen molar-refractivity contribution >= 4 is 54.7 Å². The van der Waals surface area contributed by atoms with Crippen molar-refractivity contribution in [2.45, 2.75) is 76.7 Å². The van der Waals surface area contributed by atoms with Crippen LogP contribution in [0.1, 0.15) is 50.0 Å². The molecule has 1 aromatic heterocycles.